The van der Waals surface area contributed by atoms with Crippen LogP contribution < -0.4 is 0 Å². The smallest absolute Gasteiger partial charge is 0.305 e. The van der Waals surface area contributed by atoms with Gasteiger partial charge in [-0.2, -0.15) is 0 Å². The highest BCUT2D eigenvalue weighted by atomic mass is 16.5. The van der Waals surface area contributed by atoms with Crippen molar-refractivity contribution in [1.82, 2.24) is 0 Å². The van der Waals surface area contributed by atoms with E-state index in [2.05, 4.69) is 10.7 Å². The number of hydrogen-bond acceptors (Lipinski definition) is 3. The Hall–Kier alpha value is -1.30. The van der Waals surface area contributed by atoms with Gasteiger partial charge in [0.2, 0.25) is 0 Å². The number of terminal acetylenes is 1. The van der Waals surface area contributed by atoms with Crippen LogP contribution in [0.2, 0.25) is 0 Å². The van der Waals surface area contributed by atoms with Gasteiger partial charge in [0.1, 0.15) is 5.78 Å². The summed E-state index contributed by atoms with van der Waals surface area (Å²) in [6.07, 6.45) is 7.24. The first-order chi connectivity index (χ1) is 6.20. The number of carbonyl (C=O) groups is 2. The zero-order valence-electron chi connectivity index (χ0n) is 7.84. The van der Waals surface area contributed by atoms with Crippen molar-refractivity contribution in [2.45, 2.75) is 32.1 Å². The lowest BCUT2D eigenvalue weighted by Crippen LogP contribution is -2.05. The lowest BCUT2D eigenvalue weighted by molar-refractivity contribution is -0.141. The van der Waals surface area contributed by atoms with Crippen LogP contribution in [-0.2, 0) is 14.3 Å². The maximum atomic E-state index is 11.1. The molecule has 0 heterocycles. The molecule has 0 aliphatic rings. The lowest BCUT2D eigenvalue weighted by atomic mass is 10.1. The van der Waals surface area contributed by atoms with E-state index in [4.69, 9.17) is 6.42 Å². The van der Waals surface area contributed by atoms with Gasteiger partial charge in [-0.3, -0.25) is 9.59 Å². The second-order valence-corrected chi connectivity index (χ2v) is 2.67. The predicted molar refractivity (Wildman–Crippen MR) is 48.9 cm³/mol. The Kier molecular flexibility index (Phi) is 6.62. The average Bonchev–Trinajstić information content (AvgIpc) is 2.14. The van der Waals surface area contributed by atoms with Gasteiger partial charge in [0.05, 0.1) is 13.5 Å². The number of carbonyl (C=O) groups excluding carboxylic acids is 2. The van der Waals surface area contributed by atoms with Gasteiger partial charge in [-0.25, -0.2) is 0 Å². The van der Waals surface area contributed by atoms with E-state index in [0.29, 0.717) is 19.3 Å². The van der Waals surface area contributed by atoms with Crippen LogP contribution in [0.3, 0.4) is 0 Å². The minimum atomic E-state index is -0.342. The van der Waals surface area contributed by atoms with E-state index >= 15 is 0 Å². The number of hydrogen-bond donors (Lipinski definition) is 0. The van der Waals surface area contributed by atoms with E-state index < -0.39 is 0 Å². The molecule has 0 fully saturated rings. The van der Waals surface area contributed by atoms with Gasteiger partial charge in [0.15, 0.2) is 0 Å². The topological polar surface area (TPSA) is 43.4 Å². The molecule has 3 heteroatoms. The molecule has 0 atom stereocenters. The fourth-order valence-electron chi connectivity index (χ4n) is 0.856. The first-order valence-corrected chi connectivity index (χ1v) is 4.22. The minimum Gasteiger partial charge on any atom is -0.469 e. The summed E-state index contributed by atoms with van der Waals surface area (Å²) in [6, 6.07) is 0. The van der Waals surface area contributed by atoms with Crippen molar-refractivity contribution in [2.75, 3.05) is 7.11 Å². The Labute approximate surface area is 78.5 Å². The molecular weight excluding hydrogens is 168 g/mol. The lowest BCUT2D eigenvalue weighted by Gasteiger charge is -1.98. The number of Topliss-reactive ketones (excluding diaryl/α,β-unsaturated/α-hetero) is 1. The standard InChI is InChI=1S/C10H14O3/c1-3-4-5-6-9(11)7-8-10(12)13-2/h1H,4-8H2,2H3. The first kappa shape index (κ1) is 11.7. The van der Waals surface area contributed by atoms with Crippen molar-refractivity contribution in [3.8, 4) is 12.3 Å². The van der Waals surface area contributed by atoms with Gasteiger partial charge in [0.25, 0.3) is 0 Å². The molecule has 0 radical (unpaired) electrons. The van der Waals surface area contributed by atoms with Crippen LogP contribution in [0, 0.1) is 12.3 Å². The number of esters is 1. The fraction of sp³-hybridized carbons (Fsp3) is 0.600. The minimum absolute atomic E-state index is 0.0700. The van der Waals surface area contributed by atoms with Crippen molar-refractivity contribution >= 4 is 11.8 Å². The maximum Gasteiger partial charge on any atom is 0.305 e. The molecule has 0 bridgehead atoms. The van der Waals surface area contributed by atoms with Crippen molar-refractivity contribution < 1.29 is 14.3 Å². The van der Waals surface area contributed by atoms with Crippen molar-refractivity contribution in [1.29, 1.82) is 0 Å². The molecule has 0 unspecified atom stereocenters. The summed E-state index contributed by atoms with van der Waals surface area (Å²) in [5.74, 6) is 2.18. The molecule has 0 aromatic rings. The molecule has 0 aromatic heterocycles. The monoisotopic (exact) mass is 182 g/mol. The summed E-state index contributed by atoms with van der Waals surface area (Å²) in [6.45, 7) is 0. The fourth-order valence-corrected chi connectivity index (χ4v) is 0.856. The van der Waals surface area contributed by atoms with E-state index in [1.165, 1.54) is 7.11 Å². The number of methoxy groups -OCH3 is 1. The molecule has 0 spiro atoms. The second-order valence-electron chi connectivity index (χ2n) is 2.67. The summed E-state index contributed by atoms with van der Waals surface area (Å²) < 4.78 is 4.40. The molecule has 0 aromatic carbocycles. The average molecular weight is 182 g/mol. The molecule has 0 saturated heterocycles. The zero-order chi connectivity index (χ0) is 10.1. The van der Waals surface area contributed by atoms with Gasteiger partial charge in [-0.15, -0.1) is 12.3 Å². The first-order valence-electron chi connectivity index (χ1n) is 4.22. The normalized spacial score (nSPS) is 8.92. The summed E-state index contributed by atoms with van der Waals surface area (Å²) in [5.41, 5.74) is 0. The molecule has 0 aliphatic carbocycles. The Balaban J connectivity index is 3.42. The summed E-state index contributed by atoms with van der Waals surface area (Å²) in [4.78, 5) is 21.7. The van der Waals surface area contributed by atoms with Crippen LogP contribution in [0.4, 0.5) is 0 Å². The van der Waals surface area contributed by atoms with E-state index in [1.807, 2.05) is 0 Å². The Morgan fingerprint density at radius 2 is 2.00 bits per heavy atom. The van der Waals surface area contributed by atoms with Crippen molar-refractivity contribution in [2.24, 2.45) is 0 Å². The summed E-state index contributed by atoms with van der Waals surface area (Å²) >= 11 is 0. The number of unbranched alkanes of at least 4 members (excludes halogenated alkanes) is 1. The number of ether oxygens (including phenoxy) is 1. The number of ketones is 1. The highest BCUT2D eigenvalue weighted by Crippen LogP contribution is 2.01. The van der Waals surface area contributed by atoms with Gasteiger partial charge in [-0.1, -0.05) is 0 Å². The van der Waals surface area contributed by atoms with Crippen LogP contribution in [-0.4, -0.2) is 18.9 Å². The Morgan fingerprint density at radius 3 is 2.54 bits per heavy atom. The Morgan fingerprint density at radius 1 is 1.31 bits per heavy atom. The SMILES string of the molecule is C#CCCCC(=O)CCC(=O)OC. The van der Waals surface area contributed by atoms with Gasteiger partial charge < -0.3 is 4.74 Å². The molecular formula is C10H14O3. The molecule has 0 rings (SSSR count). The van der Waals surface area contributed by atoms with Gasteiger partial charge >= 0.3 is 5.97 Å². The molecule has 0 amide bonds. The molecule has 3 nitrogen and oxygen atoms in total. The van der Waals surface area contributed by atoms with Crippen LogP contribution in [0.25, 0.3) is 0 Å². The third-order valence-electron chi connectivity index (χ3n) is 1.61. The van der Waals surface area contributed by atoms with Crippen LogP contribution in [0.1, 0.15) is 32.1 Å². The third kappa shape index (κ3) is 7.07. The maximum absolute atomic E-state index is 11.1. The Bertz CT molecular complexity index is 213. The van der Waals surface area contributed by atoms with Crippen LogP contribution >= 0.6 is 0 Å². The zero-order valence-corrected chi connectivity index (χ0v) is 7.84. The molecule has 0 aliphatic heterocycles. The highest BCUT2D eigenvalue weighted by molar-refractivity contribution is 5.82. The van der Waals surface area contributed by atoms with E-state index in [0.717, 1.165) is 0 Å². The van der Waals surface area contributed by atoms with E-state index in [-0.39, 0.29) is 24.6 Å². The highest BCUT2D eigenvalue weighted by Gasteiger charge is 2.05. The van der Waals surface area contributed by atoms with Gasteiger partial charge in [-0.05, 0) is 6.42 Å². The number of rotatable bonds is 6. The largest absolute Gasteiger partial charge is 0.469 e. The third-order valence-corrected chi connectivity index (χ3v) is 1.61. The van der Waals surface area contributed by atoms with Gasteiger partial charge in [0, 0.05) is 19.3 Å². The van der Waals surface area contributed by atoms with Crippen molar-refractivity contribution in [3.05, 3.63) is 0 Å². The van der Waals surface area contributed by atoms with Crippen molar-refractivity contribution in [3.63, 3.8) is 0 Å². The van der Waals surface area contributed by atoms with Crippen LogP contribution in [0.15, 0.2) is 0 Å². The van der Waals surface area contributed by atoms with E-state index in [9.17, 15) is 9.59 Å². The van der Waals surface area contributed by atoms with E-state index in [1.54, 1.807) is 0 Å². The molecule has 72 valence electrons. The predicted octanol–water partition coefficient (Wildman–Crippen LogP) is 1.31. The van der Waals surface area contributed by atoms with Crippen LogP contribution in [0.5, 0.6) is 0 Å². The second kappa shape index (κ2) is 7.35. The molecule has 13 heavy (non-hydrogen) atoms. The molecule has 0 N–H and O–H groups in total. The molecule has 0 saturated carbocycles. The summed E-state index contributed by atoms with van der Waals surface area (Å²) in [7, 11) is 1.31. The summed E-state index contributed by atoms with van der Waals surface area (Å²) in [5, 5.41) is 0. The quantitative estimate of drug-likeness (QED) is 0.353.